The molecule has 4 aromatic rings. The average molecular weight is 433 g/mol. The van der Waals surface area contributed by atoms with Crippen LogP contribution in [-0.4, -0.2) is 0 Å². The molecule has 4 aromatic carbocycles. The van der Waals surface area contributed by atoms with E-state index in [9.17, 15) is 8.78 Å². The number of halogens is 3. The minimum Gasteiger partial charge on any atom is -0.207 e. The van der Waals surface area contributed by atoms with Gasteiger partial charge in [0.1, 0.15) is 17.5 Å². The summed E-state index contributed by atoms with van der Waals surface area (Å²) in [7, 11) is 0. The molecule has 0 aliphatic carbocycles. The first-order chi connectivity index (χ1) is 15.5. The minimum atomic E-state index is -0.719. The molecule has 0 heterocycles. The first-order valence-electron chi connectivity index (χ1n) is 11.3. The Balaban J connectivity index is 1.48. The zero-order valence-corrected chi connectivity index (χ0v) is 18.3. The lowest BCUT2D eigenvalue weighted by Gasteiger charge is -2.10. The second-order valence-corrected chi connectivity index (χ2v) is 8.41. The maximum absolute atomic E-state index is 15.1. The number of hydrogen-bond donors (Lipinski definition) is 0. The van der Waals surface area contributed by atoms with Gasteiger partial charge in [-0.2, -0.15) is 0 Å². The van der Waals surface area contributed by atoms with Gasteiger partial charge in [0.15, 0.2) is 0 Å². The predicted octanol–water partition coefficient (Wildman–Crippen LogP) is 8.44. The van der Waals surface area contributed by atoms with Crippen LogP contribution in [0.15, 0.2) is 72.8 Å². The van der Waals surface area contributed by atoms with Crippen molar-refractivity contribution in [3.8, 4) is 11.1 Å². The molecule has 0 amide bonds. The summed E-state index contributed by atoms with van der Waals surface area (Å²) in [4.78, 5) is 0. The molecule has 0 nitrogen and oxygen atoms in total. The third kappa shape index (κ3) is 5.21. The summed E-state index contributed by atoms with van der Waals surface area (Å²) in [5.41, 5.74) is 4.21. The van der Waals surface area contributed by atoms with Crippen molar-refractivity contribution in [1.29, 1.82) is 0 Å². The molecule has 164 valence electrons. The fourth-order valence-electron chi connectivity index (χ4n) is 4.17. The highest BCUT2D eigenvalue weighted by Gasteiger charge is 2.12. The highest BCUT2D eigenvalue weighted by atomic mass is 19.1. The van der Waals surface area contributed by atoms with Crippen LogP contribution in [0.25, 0.3) is 21.9 Å². The molecule has 0 saturated heterocycles. The molecule has 0 radical (unpaired) electrons. The van der Waals surface area contributed by atoms with Gasteiger partial charge in [0.2, 0.25) is 0 Å². The van der Waals surface area contributed by atoms with E-state index in [2.05, 4.69) is 31.2 Å². The molecule has 0 aromatic heterocycles. The van der Waals surface area contributed by atoms with E-state index in [-0.39, 0.29) is 11.1 Å². The van der Waals surface area contributed by atoms with Crippen LogP contribution in [0.3, 0.4) is 0 Å². The van der Waals surface area contributed by atoms with Gasteiger partial charge < -0.3 is 0 Å². The minimum absolute atomic E-state index is 0.197. The Hall–Kier alpha value is -3.07. The number of aryl methyl sites for hydroxylation is 3. The van der Waals surface area contributed by atoms with Crippen LogP contribution in [0, 0.1) is 17.5 Å². The number of rotatable bonds is 8. The Morgan fingerprint density at radius 1 is 0.594 bits per heavy atom. The van der Waals surface area contributed by atoms with Crippen LogP contribution in [0.5, 0.6) is 0 Å². The summed E-state index contributed by atoms with van der Waals surface area (Å²) >= 11 is 0. The van der Waals surface area contributed by atoms with Gasteiger partial charge in [-0.05, 0) is 65.5 Å². The third-order valence-electron chi connectivity index (χ3n) is 5.99. The lowest BCUT2D eigenvalue weighted by atomic mass is 9.96. The molecule has 0 atom stereocenters. The monoisotopic (exact) mass is 432 g/mol. The van der Waals surface area contributed by atoms with Gasteiger partial charge in [-0.15, -0.1) is 0 Å². The standard InChI is InChI=1S/C29H27F3/c1-2-3-4-5-20-6-8-21(9-7-20)10-11-22-12-14-27-23(16-22)13-15-28(29(27)32)24-17-25(30)19-26(31)18-24/h6-9,12-19H,2-5,10-11H2,1H3. The SMILES string of the molecule is CCCCCc1ccc(CCc2ccc3c(F)c(-c4cc(F)cc(F)c4)ccc3c2)cc1. The first-order valence-corrected chi connectivity index (χ1v) is 11.3. The molecule has 0 N–H and O–H groups in total. The summed E-state index contributed by atoms with van der Waals surface area (Å²) in [5, 5.41) is 1.24. The Bertz CT molecular complexity index is 1190. The van der Waals surface area contributed by atoms with E-state index in [0.717, 1.165) is 48.4 Å². The number of unbranched alkanes of at least 4 members (excludes halogenated alkanes) is 2. The normalized spacial score (nSPS) is 11.2. The maximum atomic E-state index is 15.1. The van der Waals surface area contributed by atoms with Crippen LogP contribution in [0.4, 0.5) is 13.2 Å². The molecular weight excluding hydrogens is 405 g/mol. The summed E-state index contributed by atoms with van der Waals surface area (Å²) in [6.45, 7) is 2.22. The van der Waals surface area contributed by atoms with E-state index in [4.69, 9.17) is 0 Å². The second-order valence-electron chi connectivity index (χ2n) is 8.41. The number of fused-ring (bicyclic) bond motifs is 1. The molecule has 0 saturated carbocycles. The molecule has 0 aliphatic heterocycles. The van der Waals surface area contributed by atoms with Crippen molar-refractivity contribution < 1.29 is 13.2 Å². The van der Waals surface area contributed by atoms with E-state index >= 15 is 4.39 Å². The van der Waals surface area contributed by atoms with Crippen LogP contribution < -0.4 is 0 Å². The van der Waals surface area contributed by atoms with Crippen molar-refractivity contribution in [2.24, 2.45) is 0 Å². The molecular formula is C29H27F3. The van der Waals surface area contributed by atoms with Crippen molar-refractivity contribution in [2.45, 2.75) is 45.4 Å². The van der Waals surface area contributed by atoms with Gasteiger partial charge in [0.25, 0.3) is 0 Å². The van der Waals surface area contributed by atoms with Gasteiger partial charge in [0.05, 0.1) is 0 Å². The van der Waals surface area contributed by atoms with Gasteiger partial charge >= 0.3 is 0 Å². The topological polar surface area (TPSA) is 0 Å². The molecule has 0 bridgehead atoms. The van der Waals surface area contributed by atoms with Crippen LogP contribution in [0.1, 0.15) is 42.9 Å². The fourth-order valence-corrected chi connectivity index (χ4v) is 4.17. The van der Waals surface area contributed by atoms with Crippen molar-refractivity contribution in [2.75, 3.05) is 0 Å². The maximum Gasteiger partial charge on any atom is 0.138 e. The van der Waals surface area contributed by atoms with Gasteiger partial charge in [-0.25, -0.2) is 13.2 Å². The van der Waals surface area contributed by atoms with Gasteiger partial charge in [-0.1, -0.05) is 74.4 Å². The van der Waals surface area contributed by atoms with E-state index in [1.165, 1.54) is 30.4 Å². The average Bonchev–Trinajstić information content (AvgIpc) is 2.78. The molecule has 4 rings (SSSR count). The Morgan fingerprint density at radius 3 is 1.91 bits per heavy atom. The molecule has 32 heavy (non-hydrogen) atoms. The largest absolute Gasteiger partial charge is 0.207 e. The Labute approximate surface area is 187 Å². The summed E-state index contributed by atoms with van der Waals surface area (Å²) in [6.07, 6.45) is 6.66. The van der Waals surface area contributed by atoms with Crippen molar-refractivity contribution in [3.63, 3.8) is 0 Å². The molecule has 0 spiro atoms. The van der Waals surface area contributed by atoms with Crippen molar-refractivity contribution >= 4 is 10.8 Å². The quantitative estimate of drug-likeness (QED) is 0.245. The van der Waals surface area contributed by atoms with Gasteiger partial charge in [0, 0.05) is 17.0 Å². The van der Waals surface area contributed by atoms with Crippen LogP contribution >= 0.6 is 0 Å². The second kappa shape index (κ2) is 10.0. The number of benzene rings is 4. The zero-order chi connectivity index (χ0) is 22.5. The summed E-state index contributed by atoms with van der Waals surface area (Å²) in [6, 6.07) is 21.0. The van der Waals surface area contributed by atoms with Crippen LogP contribution in [0.2, 0.25) is 0 Å². The zero-order valence-electron chi connectivity index (χ0n) is 18.3. The molecule has 3 heteroatoms. The molecule has 0 fully saturated rings. The molecule has 0 unspecified atom stereocenters. The van der Waals surface area contributed by atoms with E-state index < -0.39 is 17.5 Å². The predicted molar refractivity (Wildman–Crippen MR) is 126 cm³/mol. The Kier molecular flexibility index (Phi) is 6.94. The summed E-state index contributed by atoms with van der Waals surface area (Å²) < 4.78 is 42.2. The third-order valence-corrected chi connectivity index (χ3v) is 5.99. The van der Waals surface area contributed by atoms with E-state index in [1.54, 1.807) is 12.1 Å². The highest BCUT2D eigenvalue weighted by Crippen LogP contribution is 2.30. The fraction of sp³-hybridized carbons (Fsp3) is 0.241. The highest BCUT2D eigenvalue weighted by molar-refractivity contribution is 5.88. The number of hydrogen-bond acceptors (Lipinski definition) is 0. The smallest absolute Gasteiger partial charge is 0.138 e. The summed E-state index contributed by atoms with van der Waals surface area (Å²) in [5.74, 6) is -1.90. The van der Waals surface area contributed by atoms with Crippen LogP contribution in [-0.2, 0) is 19.3 Å². The van der Waals surface area contributed by atoms with E-state index in [0.29, 0.717) is 5.39 Å². The lowest BCUT2D eigenvalue weighted by Crippen LogP contribution is -1.94. The molecule has 0 aliphatic rings. The lowest BCUT2D eigenvalue weighted by molar-refractivity contribution is 0.583. The van der Waals surface area contributed by atoms with Crippen molar-refractivity contribution in [3.05, 3.63) is 107 Å². The van der Waals surface area contributed by atoms with Crippen molar-refractivity contribution in [1.82, 2.24) is 0 Å². The Morgan fingerprint density at radius 2 is 1.22 bits per heavy atom. The first kappa shape index (κ1) is 22.1. The van der Waals surface area contributed by atoms with E-state index in [1.807, 2.05) is 18.2 Å². The van der Waals surface area contributed by atoms with Gasteiger partial charge in [-0.3, -0.25) is 0 Å².